The Kier molecular flexibility index (Phi) is 3.84. The van der Waals surface area contributed by atoms with Crippen molar-refractivity contribution in [1.82, 2.24) is 9.03 Å². The van der Waals surface area contributed by atoms with Crippen molar-refractivity contribution in [2.45, 2.75) is 13.0 Å². The Morgan fingerprint density at radius 3 is 2.20 bits per heavy atom. The lowest BCUT2D eigenvalue weighted by Crippen LogP contribution is -2.37. The number of hydrogen-bond acceptors (Lipinski definition) is 2. The van der Waals surface area contributed by atoms with Gasteiger partial charge in [0.1, 0.15) is 0 Å². The minimum atomic E-state index is -3.36. The standard InChI is InChI=1S/C10H16N2O2S/c1-9(10-7-5-4-6-8-10)11-15(13,14)12(2)3/h4-9,11H,1-3H3/t9-/m0/s1. The summed E-state index contributed by atoms with van der Waals surface area (Å²) in [5.74, 6) is 0. The van der Waals surface area contributed by atoms with E-state index >= 15 is 0 Å². The van der Waals surface area contributed by atoms with Crippen LogP contribution < -0.4 is 4.72 Å². The minimum Gasteiger partial charge on any atom is -0.195 e. The van der Waals surface area contributed by atoms with Gasteiger partial charge in [0, 0.05) is 20.1 Å². The van der Waals surface area contributed by atoms with Crippen LogP contribution in [-0.2, 0) is 10.2 Å². The van der Waals surface area contributed by atoms with E-state index in [9.17, 15) is 8.42 Å². The van der Waals surface area contributed by atoms with E-state index in [1.807, 2.05) is 37.3 Å². The van der Waals surface area contributed by atoms with E-state index in [1.165, 1.54) is 14.1 Å². The highest BCUT2D eigenvalue weighted by molar-refractivity contribution is 7.87. The molecule has 1 rings (SSSR count). The van der Waals surface area contributed by atoms with Gasteiger partial charge >= 0.3 is 0 Å². The Morgan fingerprint density at radius 2 is 1.73 bits per heavy atom. The number of nitrogens with one attached hydrogen (secondary N) is 1. The molecule has 0 saturated carbocycles. The summed E-state index contributed by atoms with van der Waals surface area (Å²) in [6.07, 6.45) is 0. The molecule has 0 radical (unpaired) electrons. The predicted molar refractivity (Wildman–Crippen MR) is 60.6 cm³/mol. The first kappa shape index (κ1) is 12.2. The molecule has 1 atom stereocenters. The molecule has 0 heterocycles. The molecule has 1 aromatic rings. The predicted octanol–water partition coefficient (Wildman–Crippen LogP) is 1.14. The van der Waals surface area contributed by atoms with E-state index in [4.69, 9.17) is 0 Å². The average molecular weight is 228 g/mol. The van der Waals surface area contributed by atoms with Crippen molar-refractivity contribution in [3.63, 3.8) is 0 Å². The number of rotatable bonds is 4. The number of benzene rings is 1. The number of hydrogen-bond donors (Lipinski definition) is 1. The van der Waals surface area contributed by atoms with Crippen molar-refractivity contribution >= 4 is 10.2 Å². The van der Waals surface area contributed by atoms with E-state index in [-0.39, 0.29) is 6.04 Å². The van der Waals surface area contributed by atoms with Crippen LogP contribution in [0.15, 0.2) is 30.3 Å². The SMILES string of the molecule is C[C@H](NS(=O)(=O)N(C)C)c1ccccc1. The van der Waals surface area contributed by atoms with Crippen LogP contribution in [0.2, 0.25) is 0 Å². The quantitative estimate of drug-likeness (QED) is 0.840. The van der Waals surface area contributed by atoms with Crippen molar-refractivity contribution in [3.8, 4) is 0 Å². The maximum atomic E-state index is 11.5. The summed E-state index contributed by atoms with van der Waals surface area (Å²) in [5, 5.41) is 0. The third kappa shape index (κ3) is 3.30. The Balaban J connectivity index is 2.77. The van der Waals surface area contributed by atoms with E-state index < -0.39 is 10.2 Å². The van der Waals surface area contributed by atoms with Gasteiger partial charge in [-0.1, -0.05) is 30.3 Å². The molecular weight excluding hydrogens is 212 g/mol. The maximum Gasteiger partial charge on any atom is 0.279 e. The highest BCUT2D eigenvalue weighted by Gasteiger charge is 2.17. The molecule has 84 valence electrons. The largest absolute Gasteiger partial charge is 0.279 e. The lowest BCUT2D eigenvalue weighted by atomic mass is 10.1. The zero-order valence-corrected chi connectivity index (χ0v) is 9.95. The van der Waals surface area contributed by atoms with Crippen molar-refractivity contribution in [2.75, 3.05) is 14.1 Å². The van der Waals surface area contributed by atoms with Crippen molar-refractivity contribution < 1.29 is 8.42 Å². The third-order valence-corrected chi connectivity index (χ3v) is 3.72. The Labute approximate surface area is 91.1 Å². The Morgan fingerprint density at radius 1 is 1.20 bits per heavy atom. The van der Waals surface area contributed by atoms with Gasteiger partial charge in [-0.25, -0.2) is 0 Å². The van der Waals surface area contributed by atoms with Crippen LogP contribution in [0.1, 0.15) is 18.5 Å². The molecule has 0 saturated heterocycles. The molecule has 1 aromatic carbocycles. The second kappa shape index (κ2) is 4.74. The summed E-state index contributed by atoms with van der Waals surface area (Å²) >= 11 is 0. The van der Waals surface area contributed by atoms with E-state index in [2.05, 4.69) is 4.72 Å². The van der Waals surface area contributed by atoms with Crippen LogP contribution in [0.3, 0.4) is 0 Å². The molecule has 0 unspecified atom stereocenters. The zero-order valence-electron chi connectivity index (χ0n) is 9.14. The lowest BCUT2D eigenvalue weighted by Gasteiger charge is -2.17. The topological polar surface area (TPSA) is 49.4 Å². The molecule has 0 spiro atoms. The average Bonchev–Trinajstić information content (AvgIpc) is 2.18. The normalized spacial score (nSPS) is 14.1. The summed E-state index contributed by atoms with van der Waals surface area (Å²) in [6, 6.07) is 9.23. The molecule has 15 heavy (non-hydrogen) atoms. The van der Waals surface area contributed by atoms with Crippen LogP contribution in [0, 0.1) is 0 Å². The molecule has 0 bridgehead atoms. The Hall–Kier alpha value is -0.910. The molecular formula is C10H16N2O2S. The van der Waals surface area contributed by atoms with Crippen LogP contribution >= 0.6 is 0 Å². The van der Waals surface area contributed by atoms with Crippen molar-refractivity contribution in [1.29, 1.82) is 0 Å². The summed E-state index contributed by atoms with van der Waals surface area (Å²) < 4.78 is 26.8. The second-order valence-corrected chi connectivity index (χ2v) is 5.45. The van der Waals surface area contributed by atoms with Crippen LogP contribution in [0.25, 0.3) is 0 Å². The van der Waals surface area contributed by atoms with Gasteiger partial charge in [0.25, 0.3) is 10.2 Å². The molecule has 0 amide bonds. The van der Waals surface area contributed by atoms with Crippen molar-refractivity contribution in [2.24, 2.45) is 0 Å². The first-order chi connectivity index (χ1) is 6.93. The molecule has 4 nitrogen and oxygen atoms in total. The molecule has 0 fully saturated rings. The van der Waals surface area contributed by atoms with Gasteiger partial charge in [0.05, 0.1) is 0 Å². The summed E-state index contributed by atoms with van der Waals surface area (Å²) in [4.78, 5) is 0. The summed E-state index contributed by atoms with van der Waals surface area (Å²) in [6.45, 7) is 1.82. The van der Waals surface area contributed by atoms with Gasteiger partial charge < -0.3 is 0 Å². The van der Waals surface area contributed by atoms with Gasteiger partial charge in [0.15, 0.2) is 0 Å². The van der Waals surface area contributed by atoms with E-state index in [0.29, 0.717) is 0 Å². The van der Waals surface area contributed by atoms with Gasteiger partial charge in [-0.15, -0.1) is 0 Å². The fraction of sp³-hybridized carbons (Fsp3) is 0.400. The molecule has 0 aliphatic carbocycles. The minimum absolute atomic E-state index is 0.224. The zero-order chi connectivity index (χ0) is 11.5. The molecule has 0 aliphatic rings. The summed E-state index contributed by atoms with van der Waals surface area (Å²) in [7, 11) is -0.362. The van der Waals surface area contributed by atoms with Gasteiger partial charge in [-0.2, -0.15) is 17.4 Å². The molecule has 5 heteroatoms. The van der Waals surface area contributed by atoms with E-state index in [1.54, 1.807) is 0 Å². The van der Waals surface area contributed by atoms with Crippen LogP contribution in [0.4, 0.5) is 0 Å². The fourth-order valence-corrected chi connectivity index (χ4v) is 1.93. The molecule has 1 N–H and O–H groups in total. The van der Waals surface area contributed by atoms with Crippen LogP contribution in [0.5, 0.6) is 0 Å². The molecule has 0 aromatic heterocycles. The first-order valence-electron chi connectivity index (χ1n) is 4.68. The number of nitrogens with zero attached hydrogens (tertiary/aromatic N) is 1. The maximum absolute atomic E-state index is 11.5. The first-order valence-corrected chi connectivity index (χ1v) is 6.12. The lowest BCUT2D eigenvalue weighted by molar-refractivity contribution is 0.494. The van der Waals surface area contributed by atoms with Gasteiger partial charge in [-0.3, -0.25) is 0 Å². The van der Waals surface area contributed by atoms with Gasteiger partial charge in [-0.05, 0) is 12.5 Å². The Bertz CT molecular complexity index is 401. The molecule has 0 aliphatic heterocycles. The summed E-state index contributed by atoms with van der Waals surface area (Å²) in [5.41, 5.74) is 0.947. The van der Waals surface area contributed by atoms with Crippen LogP contribution in [-0.4, -0.2) is 26.8 Å². The highest BCUT2D eigenvalue weighted by Crippen LogP contribution is 2.12. The second-order valence-electron chi connectivity index (χ2n) is 3.54. The fourth-order valence-electron chi connectivity index (χ4n) is 1.14. The monoisotopic (exact) mass is 228 g/mol. The third-order valence-electron chi connectivity index (χ3n) is 2.11. The van der Waals surface area contributed by atoms with E-state index in [0.717, 1.165) is 9.87 Å². The smallest absolute Gasteiger partial charge is 0.195 e. The van der Waals surface area contributed by atoms with Crippen molar-refractivity contribution in [3.05, 3.63) is 35.9 Å². The highest BCUT2D eigenvalue weighted by atomic mass is 32.2. The van der Waals surface area contributed by atoms with Gasteiger partial charge in [0.2, 0.25) is 0 Å².